The minimum atomic E-state index is -1.42. The van der Waals surface area contributed by atoms with E-state index in [1.165, 1.54) is 38.5 Å². The number of fused-ring (bicyclic) bond motifs is 5. The summed E-state index contributed by atoms with van der Waals surface area (Å²) < 4.78 is 0. The molecule has 162 valence electrons. The fraction of sp³-hybridized carbons (Fsp3) is 1.00. The second-order valence-corrected chi connectivity index (χ2v) is 12.0. The zero-order valence-electron chi connectivity index (χ0n) is 18.7. The first-order chi connectivity index (χ1) is 13.1. The van der Waals surface area contributed by atoms with Gasteiger partial charge in [0.15, 0.2) is 5.79 Å². The van der Waals surface area contributed by atoms with Crippen molar-refractivity contribution in [3.63, 3.8) is 0 Å². The standard InChI is InChI=1S/C25H44O3/c1-16(5-6-17(2)26)20-9-10-21-19-8-7-18-15-25(27,28)14-13-23(18,3)22(19)11-12-24(20,21)4/h16-22,26-28H,5-15H2,1-4H3/t16-,17+,18+,19+,20-,21+,22+,23+,24-/m1/s1. The molecule has 0 aromatic rings. The summed E-state index contributed by atoms with van der Waals surface area (Å²) >= 11 is 0. The van der Waals surface area contributed by atoms with Crippen LogP contribution in [0.4, 0.5) is 0 Å². The maximum Gasteiger partial charge on any atom is 0.162 e. The normalized spacial score (nSPS) is 49.6. The third-order valence-corrected chi connectivity index (χ3v) is 10.5. The van der Waals surface area contributed by atoms with Crippen molar-refractivity contribution in [1.29, 1.82) is 0 Å². The van der Waals surface area contributed by atoms with Gasteiger partial charge >= 0.3 is 0 Å². The van der Waals surface area contributed by atoms with E-state index in [0.29, 0.717) is 35.5 Å². The van der Waals surface area contributed by atoms with E-state index in [9.17, 15) is 15.3 Å². The van der Waals surface area contributed by atoms with Crippen molar-refractivity contribution in [2.24, 2.45) is 46.3 Å². The molecule has 28 heavy (non-hydrogen) atoms. The molecular formula is C25H44O3. The molecule has 0 unspecified atom stereocenters. The van der Waals surface area contributed by atoms with E-state index < -0.39 is 5.79 Å². The fourth-order valence-electron chi connectivity index (χ4n) is 8.91. The van der Waals surface area contributed by atoms with E-state index >= 15 is 0 Å². The SMILES string of the molecule is C[C@H](O)CC[C@@H](C)[C@H]1CC[C@H]2[C@@H]3CC[C@H]4CC(O)(O)CC[C@]4(C)[C@H]3CC[C@]12C. The number of rotatable bonds is 4. The highest BCUT2D eigenvalue weighted by Crippen LogP contribution is 2.68. The van der Waals surface area contributed by atoms with Crippen molar-refractivity contribution < 1.29 is 15.3 Å². The second-order valence-electron chi connectivity index (χ2n) is 12.0. The monoisotopic (exact) mass is 392 g/mol. The van der Waals surface area contributed by atoms with Gasteiger partial charge in [0.1, 0.15) is 0 Å². The Bertz CT molecular complexity index is 572. The molecule has 0 aromatic carbocycles. The van der Waals surface area contributed by atoms with Gasteiger partial charge in [-0.2, -0.15) is 0 Å². The second kappa shape index (κ2) is 7.24. The largest absolute Gasteiger partial charge is 0.393 e. The highest BCUT2D eigenvalue weighted by molar-refractivity contribution is 5.10. The predicted molar refractivity (Wildman–Crippen MR) is 112 cm³/mol. The molecule has 9 atom stereocenters. The van der Waals surface area contributed by atoms with E-state index in [-0.39, 0.29) is 6.10 Å². The smallest absolute Gasteiger partial charge is 0.162 e. The van der Waals surface area contributed by atoms with Crippen molar-refractivity contribution in [3.05, 3.63) is 0 Å². The molecule has 0 spiro atoms. The van der Waals surface area contributed by atoms with Crippen LogP contribution in [0.1, 0.15) is 98.3 Å². The summed E-state index contributed by atoms with van der Waals surface area (Å²) in [7, 11) is 0. The van der Waals surface area contributed by atoms with Crippen molar-refractivity contribution in [1.82, 2.24) is 0 Å². The third kappa shape index (κ3) is 3.38. The van der Waals surface area contributed by atoms with Crippen molar-refractivity contribution in [2.45, 2.75) is 110 Å². The molecule has 3 nitrogen and oxygen atoms in total. The first kappa shape index (κ1) is 21.1. The highest BCUT2D eigenvalue weighted by atomic mass is 16.5. The van der Waals surface area contributed by atoms with Crippen LogP contribution in [0.3, 0.4) is 0 Å². The molecule has 0 heterocycles. The summed E-state index contributed by atoms with van der Waals surface area (Å²) in [5.74, 6) is 3.09. The molecule has 0 saturated heterocycles. The Kier molecular flexibility index (Phi) is 5.46. The van der Waals surface area contributed by atoms with Gasteiger partial charge in [0.2, 0.25) is 0 Å². The number of aliphatic hydroxyl groups is 3. The molecule has 4 rings (SSSR count). The Morgan fingerprint density at radius 2 is 1.54 bits per heavy atom. The molecule has 0 aliphatic heterocycles. The van der Waals surface area contributed by atoms with Gasteiger partial charge in [-0.3, -0.25) is 0 Å². The van der Waals surface area contributed by atoms with Crippen LogP contribution in [0, 0.1) is 46.3 Å². The van der Waals surface area contributed by atoms with Gasteiger partial charge in [0.05, 0.1) is 6.10 Å². The van der Waals surface area contributed by atoms with Crippen LogP contribution < -0.4 is 0 Å². The lowest BCUT2D eigenvalue weighted by molar-refractivity contribution is -0.233. The van der Waals surface area contributed by atoms with Crippen LogP contribution in [-0.2, 0) is 0 Å². The van der Waals surface area contributed by atoms with Crippen molar-refractivity contribution in [2.75, 3.05) is 0 Å². The van der Waals surface area contributed by atoms with Crippen LogP contribution >= 0.6 is 0 Å². The summed E-state index contributed by atoms with van der Waals surface area (Å²) in [5, 5.41) is 30.2. The summed E-state index contributed by atoms with van der Waals surface area (Å²) in [6.07, 6.45) is 12.0. The van der Waals surface area contributed by atoms with Gasteiger partial charge in [0, 0.05) is 12.8 Å². The summed E-state index contributed by atoms with van der Waals surface area (Å²) in [6.45, 7) is 9.46. The molecule has 3 N–H and O–H groups in total. The molecular weight excluding hydrogens is 348 g/mol. The van der Waals surface area contributed by atoms with Crippen molar-refractivity contribution in [3.8, 4) is 0 Å². The lowest BCUT2D eigenvalue weighted by Gasteiger charge is -2.61. The molecule has 0 radical (unpaired) electrons. The number of hydrogen-bond donors (Lipinski definition) is 3. The molecule has 0 amide bonds. The first-order valence-corrected chi connectivity index (χ1v) is 12.2. The summed E-state index contributed by atoms with van der Waals surface area (Å²) in [4.78, 5) is 0. The van der Waals surface area contributed by atoms with Crippen LogP contribution in [-0.4, -0.2) is 27.2 Å². The zero-order valence-corrected chi connectivity index (χ0v) is 18.7. The predicted octanol–water partition coefficient (Wildman–Crippen LogP) is 5.12. The van der Waals surface area contributed by atoms with E-state index in [1.807, 2.05) is 6.92 Å². The molecule has 4 saturated carbocycles. The first-order valence-electron chi connectivity index (χ1n) is 12.2. The van der Waals surface area contributed by atoms with Gasteiger partial charge in [-0.15, -0.1) is 0 Å². The van der Waals surface area contributed by atoms with E-state index in [1.54, 1.807) is 0 Å². The quantitative estimate of drug-likeness (QED) is 0.582. The van der Waals surface area contributed by atoms with Crippen LogP contribution in [0.5, 0.6) is 0 Å². The number of hydrogen-bond acceptors (Lipinski definition) is 3. The minimum Gasteiger partial charge on any atom is -0.393 e. The van der Waals surface area contributed by atoms with Gasteiger partial charge in [0.25, 0.3) is 0 Å². The van der Waals surface area contributed by atoms with Gasteiger partial charge in [-0.25, -0.2) is 0 Å². The Morgan fingerprint density at radius 3 is 2.25 bits per heavy atom. The Morgan fingerprint density at radius 1 is 0.821 bits per heavy atom. The summed E-state index contributed by atoms with van der Waals surface area (Å²) in [5.41, 5.74) is 0.796. The lowest BCUT2D eigenvalue weighted by atomic mass is 9.44. The van der Waals surface area contributed by atoms with Gasteiger partial charge in [-0.1, -0.05) is 20.8 Å². The zero-order chi connectivity index (χ0) is 20.3. The lowest BCUT2D eigenvalue weighted by Crippen LogP contribution is -2.56. The maximum absolute atomic E-state index is 10.2. The topological polar surface area (TPSA) is 60.7 Å². The molecule has 4 fully saturated rings. The van der Waals surface area contributed by atoms with Gasteiger partial charge in [-0.05, 0) is 111 Å². The summed E-state index contributed by atoms with van der Waals surface area (Å²) in [6, 6.07) is 0. The third-order valence-electron chi connectivity index (χ3n) is 10.5. The van der Waals surface area contributed by atoms with Crippen LogP contribution in [0.15, 0.2) is 0 Å². The number of aliphatic hydroxyl groups excluding tert-OH is 1. The Labute approximate surface area is 172 Å². The minimum absolute atomic E-state index is 0.171. The van der Waals surface area contributed by atoms with Crippen LogP contribution in [0.2, 0.25) is 0 Å². The fourth-order valence-corrected chi connectivity index (χ4v) is 8.91. The van der Waals surface area contributed by atoms with E-state index in [0.717, 1.165) is 42.9 Å². The maximum atomic E-state index is 10.2. The highest BCUT2D eigenvalue weighted by Gasteiger charge is 2.61. The van der Waals surface area contributed by atoms with E-state index in [4.69, 9.17) is 0 Å². The molecule has 4 aliphatic rings. The average molecular weight is 393 g/mol. The Hall–Kier alpha value is -0.120. The average Bonchev–Trinajstić information content (AvgIpc) is 2.97. The van der Waals surface area contributed by atoms with Gasteiger partial charge < -0.3 is 15.3 Å². The molecule has 0 bridgehead atoms. The van der Waals surface area contributed by atoms with E-state index in [2.05, 4.69) is 20.8 Å². The molecule has 3 heteroatoms. The molecule has 4 aliphatic carbocycles. The Balaban J connectivity index is 1.50. The van der Waals surface area contributed by atoms with Crippen molar-refractivity contribution >= 4 is 0 Å². The molecule has 0 aromatic heterocycles. The van der Waals surface area contributed by atoms with Crippen LogP contribution in [0.25, 0.3) is 0 Å².